The largest absolute Gasteiger partial charge is 0.488 e. The van der Waals surface area contributed by atoms with Gasteiger partial charge in [-0.3, -0.25) is 9.59 Å². The summed E-state index contributed by atoms with van der Waals surface area (Å²) < 4.78 is 111. The summed E-state index contributed by atoms with van der Waals surface area (Å²) in [6, 6.07) is 6.04. The number of aliphatic hydroxyl groups is 1. The molecule has 0 saturated heterocycles. The number of carbonyl (C=O) groups excluding carboxylic acids is 2. The SMILES string of the molecule is Cc1[nH]c2c3c(c(C(F)(F)F)cc2[n+]1C)-c1cccn2c(C(=O)c4cc(F)c(NC(=O)/C=C/CN[C@@H]5CCCC(F)(F)[C@@H]5O)c(F)c4)cc(c12)CCO3. The number of aryl methyl sites for hydroxylation is 2. The van der Waals surface area contributed by atoms with Crippen LogP contribution in [0.3, 0.4) is 0 Å². The maximum atomic E-state index is 15.3. The molecule has 1 aliphatic carbocycles. The minimum Gasteiger partial charge on any atom is -0.488 e. The second-order valence-corrected chi connectivity index (χ2v) is 13.2. The molecular weight excluding hydrogens is 711 g/mol. The van der Waals surface area contributed by atoms with E-state index in [-0.39, 0.29) is 54.1 Å². The van der Waals surface area contributed by atoms with E-state index in [0.29, 0.717) is 28.8 Å². The smallest absolute Gasteiger partial charge is 0.417 e. The zero-order chi connectivity index (χ0) is 38.0. The first-order valence-corrected chi connectivity index (χ1v) is 16.8. The van der Waals surface area contributed by atoms with Crippen LogP contribution in [-0.4, -0.2) is 57.4 Å². The van der Waals surface area contributed by atoms with Crippen molar-refractivity contribution >= 4 is 33.9 Å². The first-order chi connectivity index (χ1) is 25.1. The van der Waals surface area contributed by atoms with Gasteiger partial charge in [-0.2, -0.15) is 13.2 Å². The summed E-state index contributed by atoms with van der Waals surface area (Å²) in [6.07, 6.45) is -2.74. The van der Waals surface area contributed by atoms with Gasteiger partial charge in [-0.25, -0.2) is 27.1 Å². The third-order valence-electron chi connectivity index (χ3n) is 9.88. The van der Waals surface area contributed by atoms with Gasteiger partial charge in [0.2, 0.25) is 17.2 Å². The number of aromatic nitrogens is 3. The van der Waals surface area contributed by atoms with Gasteiger partial charge >= 0.3 is 6.18 Å². The van der Waals surface area contributed by atoms with E-state index < -0.39 is 70.8 Å². The molecule has 278 valence electrons. The van der Waals surface area contributed by atoms with Crippen molar-refractivity contribution in [2.24, 2.45) is 7.05 Å². The van der Waals surface area contributed by atoms with Crippen molar-refractivity contribution in [3.05, 3.63) is 94.6 Å². The molecule has 0 unspecified atom stereocenters. The Balaban J connectivity index is 1.18. The number of anilines is 1. The molecule has 1 amide bonds. The van der Waals surface area contributed by atoms with Crippen molar-refractivity contribution < 1.29 is 54.7 Å². The molecule has 4 N–H and O–H groups in total. The zero-order valence-corrected chi connectivity index (χ0v) is 28.3. The first-order valence-electron chi connectivity index (χ1n) is 16.8. The first kappa shape index (κ1) is 36.2. The average molecular weight is 745 g/mol. The molecule has 1 saturated carbocycles. The number of benzene rings is 2. The van der Waals surface area contributed by atoms with Gasteiger partial charge in [0.25, 0.3) is 11.7 Å². The maximum Gasteiger partial charge on any atom is 0.417 e. The van der Waals surface area contributed by atoms with Crippen molar-refractivity contribution in [1.29, 1.82) is 0 Å². The summed E-state index contributed by atoms with van der Waals surface area (Å²) in [4.78, 5) is 29.4. The number of pyridine rings is 1. The van der Waals surface area contributed by atoms with Crippen molar-refractivity contribution in [2.45, 2.75) is 56.9 Å². The fourth-order valence-electron chi connectivity index (χ4n) is 7.17. The third-order valence-corrected chi connectivity index (χ3v) is 9.88. The topological polar surface area (TPSA) is 112 Å². The molecule has 4 heterocycles. The Bertz CT molecular complexity index is 2310. The van der Waals surface area contributed by atoms with Crippen LogP contribution in [0, 0.1) is 18.6 Å². The third kappa shape index (κ3) is 6.43. The predicted octanol–water partition coefficient (Wildman–Crippen LogP) is 6.32. The Labute approximate surface area is 297 Å². The normalized spacial score (nSPS) is 18.5. The molecule has 53 heavy (non-hydrogen) atoms. The number of aliphatic hydroxyl groups excluding tert-OH is 1. The van der Waals surface area contributed by atoms with E-state index in [4.69, 9.17) is 4.74 Å². The highest BCUT2D eigenvalue weighted by atomic mass is 19.4. The number of ether oxygens (including phenoxy) is 1. The number of fused-ring (bicyclic) bond motifs is 4. The van der Waals surface area contributed by atoms with Gasteiger partial charge in [0.05, 0.1) is 30.4 Å². The molecule has 2 aliphatic rings. The number of hydrogen-bond donors (Lipinski definition) is 4. The van der Waals surface area contributed by atoms with E-state index in [0.717, 1.165) is 24.3 Å². The number of H-pyrrole nitrogens is 1. The maximum absolute atomic E-state index is 15.3. The lowest BCUT2D eigenvalue weighted by atomic mass is 9.89. The molecule has 0 spiro atoms. The van der Waals surface area contributed by atoms with Crippen molar-refractivity contribution in [2.75, 3.05) is 18.5 Å². The molecule has 1 fully saturated rings. The molecule has 1 aliphatic heterocycles. The highest BCUT2D eigenvalue weighted by Gasteiger charge is 2.45. The summed E-state index contributed by atoms with van der Waals surface area (Å²) in [5.41, 5.74) is -0.896. The number of nitrogens with zero attached hydrogens (tertiary/aromatic N) is 2. The summed E-state index contributed by atoms with van der Waals surface area (Å²) in [7, 11) is 1.64. The second-order valence-electron chi connectivity index (χ2n) is 13.2. The fourth-order valence-corrected chi connectivity index (χ4v) is 7.17. The van der Waals surface area contributed by atoms with Gasteiger partial charge < -0.3 is 24.9 Å². The zero-order valence-electron chi connectivity index (χ0n) is 28.3. The Hall–Kier alpha value is -5.22. The molecule has 7 rings (SSSR count). The lowest BCUT2D eigenvalue weighted by molar-refractivity contribution is -0.651. The van der Waals surface area contributed by atoms with Gasteiger partial charge in [0, 0.05) is 67.4 Å². The van der Waals surface area contributed by atoms with Gasteiger partial charge in [-0.05, 0) is 42.7 Å². The molecule has 16 heteroatoms. The number of halogens is 7. The Morgan fingerprint density at radius 3 is 2.62 bits per heavy atom. The molecular formula is C37H33F7N5O4+. The van der Waals surface area contributed by atoms with E-state index >= 15 is 8.78 Å². The fraction of sp³-hybridized carbons (Fsp3) is 0.324. The number of imidazole rings is 1. The lowest BCUT2D eigenvalue weighted by Gasteiger charge is -2.34. The number of hydrogen-bond acceptors (Lipinski definition) is 5. The van der Waals surface area contributed by atoms with Crippen LogP contribution < -0.4 is 19.9 Å². The molecule has 3 aromatic heterocycles. The monoisotopic (exact) mass is 744 g/mol. The van der Waals surface area contributed by atoms with Gasteiger partial charge in [-0.1, -0.05) is 12.1 Å². The quantitative estimate of drug-likeness (QED) is 0.0676. The van der Waals surface area contributed by atoms with Gasteiger partial charge in [0.1, 0.15) is 23.4 Å². The number of carbonyl (C=O) groups is 2. The Kier molecular flexibility index (Phi) is 9.09. The van der Waals surface area contributed by atoms with E-state index in [1.165, 1.54) is 34.9 Å². The minimum absolute atomic E-state index is 0.00640. The molecule has 0 radical (unpaired) electrons. The average Bonchev–Trinajstić information content (AvgIpc) is 3.60. The van der Waals surface area contributed by atoms with E-state index in [2.05, 4.69) is 15.6 Å². The number of alkyl halides is 5. The molecule has 2 aromatic carbocycles. The predicted molar refractivity (Wildman–Crippen MR) is 179 cm³/mol. The van der Waals surface area contributed by atoms with E-state index in [9.17, 15) is 36.6 Å². The van der Waals surface area contributed by atoms with Crippen LogP contribution in [0.1, 0.15) is 52.3 Å². The number of nitrogens with one attached hydrogen (secondary N) is 3. The summed E-state index contributed by atoms with van der Waals surface area (Å²) in [5, 5.41) is 14.6. The Morgan fingerprint density at radius 2 is 1.91 bits per heavy atom. The summed E-state index contributed by atoms with van der Waals surface area (Å²) in [6.45, 7) is 1.60. The molecule has 9 nitrogen and oxygen atoms in total. The Morgan fingerprint density at radius 1 is 1.17 bits per heavy atom. The van der Waals surface area contributed by atoms with Crippen LogP contribution >= 0.6 is 0 Å². The standard InChI is InChI=1S/C37H32F7N5O4/c1-18-46-31-26(48(18)2)17-22(37(42,43)44)29-21-6-5-12-49-27(16-19(32(21)49)9-13-53-34(29)31)33(51)20-14-23(38)30(24(39)15-20)47-28(50)8-4-11-45-25-7-3-10-36(40,41)35(25)52/h4-6,8,12,14-17,25,35,45,52H,3,7,9-11,13H2,1-2H3,(H,47,50,51)/p+1/b8-4+/t25-,35-/m1/s1. The highest BCUT2D eigenvalue weighted by Crippen LogP contribution is 2.48. The van der Waals surface area contributed by atoms with Gasteiger partial charge in [0.15, 0.2) is 11.3 Å². The van der Waals surface area contributed by atoms with Crippen LogP contribution in [0.5, 0.6) is 5.75 Å². The number of amides is 1. The van der Waals surface area contributed by atoms with Crippen LogP contribution in [-0.2, 0) is 24.4 Å². The lowest BCUT2D eigenvalue weighted by Crippen LogP contribution is -2.52. The molecule has 5 aromatic rings. The molecule has 2 atom stereocenters. The minimum atomic E-state index is -4.78. The highest BCUT2D eigenvalue weighted by molar-refractivity contribution is 6.10. The van der Waals surface area contributed by atoms with Crippen molar-refractivity contribution in [3.8, 4) is 16.9 Å². The number of aromatic amines is 1. The van der Waals surface area contributed by atoms with E-state index in [1.807, 2.05) is 0 Å². The van der Waals surface area contributed by atoms with Crippen molar-refractivity contribution in [3.63, 3.8) is 0 Å². The molecule has 0 bridgehead atoms. The second kappa shape index (κ2) is 13.3. The van der Waals surface area contributed by atoms with Crippen molar-refractivity contribution in [1.82, 2.24) is 14.7 Å². The summed E-state index contributed by atoms with van der Waals surface area (Å²) >= 11 is 0. The number of ketones is 1. The van der Waals surface area contributed by atoms with Crippen LogP contribution in [0.4, 0.5) is 36.4 Å². The van der Waals surface area contributed by atoms with Crippen LogP contribution in [0.15, 0.2) is 54.7 Å². The van der Waals surface area contributed by atoms with Gasteiger partial charge in [-0.15, -0.1) is 0 Å². The number of rotatable bonds is 7. The van der Waals surface area contributed by atoms with Crippen LogP contribution in [0.2, 0.25) is 0 Å². The van der Waals surface area contributed by atoms with E-state index in [1.54, 1.807) is 18.5 Å². The van der Waals surface area contributed by atoms with Crippen LogP contribution in [0.25, 0.3) is 27.7 Å². The summed E-state index contributed by atoms with van der Waals surface area (Å²) in [5.74, 6) is -6.94.